The Kier molecular flexibility index (Phi) is 1.97. The second kappa shape index (κ2) is 2.98. The molecule has 0 spiro atoms. The number of thioether (sulfide) groups is 1. The van der Waals surface area contributed by atoms with Crippen LogP contribution in [0.2, 0.25) is 0 Å². The molecule has 2 rings (SSSR count). The predicted molar refractivity (Wildman–Crippen MR) is 50.5 cm³/mol. The molecule has 0 aromatic carbocycles. The maximum Gasteiger partial charge on any atom is 0.230 e. The van der Waals surface area contributed by atoms with Crippen molar-refractivity contribution in [1.82, 2.24) is 4.90 Å². The summed E-state index contributed by atoms with van der Waals surface area (Å²) >= 11 is 1.74. The van der Waals surface area contributed by atoms with Gasteiger partial charge < -0.3 is 4.90 Å². The van der Waals surface area contributed by atoms with Crippen LogP contribution < -0.4 is 0 Å². The van der Waals surface area contributed by atoms with Gasteiger partial charge in [-0.05, 0) is 11.8 Å². The van der Waals surface area contributed by atoms with E-state index in [9.17, 15) is 4.79 Å². The number of hydrogen-bond acceptors (Lipinski definition) is 2. The molecule has 0 saturated carbocycles. The van der Waals surface area contributed by atoms with Crippen LogP contribution in [0, 0.1) is 5.92 Å². The second-order valence-electron chi connectivity index (χ2n) is 3.02. The lowest BCUT2D eigenvalue weighted by atomic mass is 9.94. The summed E-state index contributed by atoms with van der Waals surface area (Å²) in [6.45, 7) is 4.45. The fourth-order valence-corrected chi connectivity index (χ4v) is 2.76. The van der Waals surface area contributed by atoms with Gasteiger partial charge in [-0.1, -0.05) is 12.2 Å². The van der Waals surface area contributed by atoms with Gasteiger partial charge in [-0.25, -0.2) is 0 Å². The highest BCUT2D eigenvalue weighted by atomic mass is 32.2. The summed E-state index contributed by atoms with van der Waals surface area (Å²) in [5.41, 5.74) is 0. The summed E-state index contributed by atoms with van der Waals surface area (Å²) in [6, 6.07) is 0. The van der Waals surface area contributed by atoms with Gasteiger partial charge >= 0.3 is 0 Å². The molecular formula is C9H11NOS. The summed E-state index contributed by atoms with van der Waals surface area (Å²) in [6.07, 6.45) is 4.68. The molecule has 0 aromatic heterocycles. The molecule has 2 heterocycles. The number of carbonyl (C=O) groups is 1. The number of rotatable bonds is 2. The zero-order chi connectivity index (χ0) is 8.55. The maximum atomic E-state index is 11.4. The van der Waals surface area contributed by atoms with Crippen molar-refractivity contribution in [2.45, 2.75) is 11.8 Å². The summed E-state index contributed by atoms with van der Waals surface area (Å²) in [4.78, 5) is 13.3. The van der Waals surface area contributed by atoms with E-state index in [0.29, 0.717) is 5.37 Å². The molecule has 2 nitrogen and oxygen atoms in total. The number of carbonyl (C=O) groups excluding carboxylic acids is 1. The molecule has 1 amide bonds. The summed E-state index contributed by atoms with van der Waals surface area (Å²) in [7, 11) is 0. The summed E-state index contributed by atoms with van der Waals surface area (Å²) < 4.78 is 0. The average Bonchev–Trinajstić information content (AvgIpc) is 2.13. The van der Waals surface area contributed by atoms with Crippen molar-refractivity contribution >= 4 is 17.7 Å². The molecule has 1 saturated heterocycles. The van der Waals surface area contributed by atoms with Crippen molar-refractivity contribution in [1.29, 1.82) is 0 Å². The van der Waals surface area contributed by atoms with Crippen LogP contribution in [-0.4, -0.2) is 22.7 Å². The van der Waals surface area contributed by atoms with Crippen molar-refractivity contribution in [3.05, 3.63) is 24.1 Å². The zero-order valence-corrected chi connectivity index (χ0v) is 7.59. The van der Waals surface area contributed by atoms with Crippen molar-refractivity contribution in [3.8, 4) is 0 Å². The smallest absolute Gasteiger partial charge is 0.230 e. The van der Waals surface area contributed by atoms with Gasteiger partial charge in [0, 0.05) is 6.54 Å². The van der Waals surface area contributed by atoms with E-state index in [1.54, 1.807) is 11.8 Å². The maximum absolute atomic E-state index is 11.4. The Balaban J connectivity index is 2.06. The van der Waals surface area contributed by atoms with E-state index in [-0.39, 0.29) is 11.8 Å². The number of β-lactam (4-membered cyclic amide) rings is 1. The van der Waals surface area contributed by atoms with Crippen LogP contribution in [0.1, 0.15) is 6.42 Å². The third-order valence-corrected chi connectivity index (χ3v) is 3.50. The van der Waals surface area contributed by atoms with Crippen molar-refractivity contribution in [2.75, 3.05) is 6.54 Å². The van der Waals surface area contributed by atoms with Crippen LogP contribution in [0.3, 0.4) is 0 Å². The van der Waals surface area contributed by atoms with Crippen LogP contribution in [0.25, 0.3) is 0 Å². The fourth-order valence-electron chi connectivity index (χ4n) is 1.65. The molecule has 12 heavy (non-hydrogen) atoms. The number of nitrogens with zero attached hydrogens (tertiary/aromatic N) is 1. The quantitative estimate of drug-likeness (QED) is 0.476. The van der Waals surface area contributed by atoms with Gasteiger partial charge in [0.15, 0.2) is 0 Å². The van der Waals surface area contributed by atoms with E-state index < -0.39 is 0 Å². The molecule has 2 atom stereocenters. The number of amides is 1. The molecule has 0 radical (unpaired) electrons. The van der Waals surface area contributed by atoms with Crippen LogP contribution in [0.15, 0.2) is 24.1 Å². The Bertz CT molecular complexity index is 249. The van der Waals surface area contributed by atoms with Crippen molar-refractivity contribution < 1.29 is 4.79 Å². The molecule has 0 N–H and O–H groups in total. The third-order valence-electron chi connectivity index (χ3n) is 2.29. The lowest BCUT2D eigenvalue weighted by molar-refractivity contribution is -0.149. The Hall–Kier alpha value is -0.700. The molecular weight excluding hydrogens is 170 g/mol. The Morgan fingerprint density at radius 2 is 2.67 bits per heavy atom. The van der Waals surface area contributed by atoms with Gasteiger partial charge in [-0.2, -0.15) is 0 Å². The Labute approximate surface area is 76.3 Å². The number of allylic oxidation sites excluding steroid dienone is 1. The van der Waals surface area contributed by atoms with E-state index in [2.05, 4.69) is 12.0 Å². The second-order valence-corrected chi connectivity index (χ2v) is 4.05. The minimum absolute atomic E-state index is 0.192. The average molecular weight is 181 g/mol. The molecule has 1 fully saturated rings. The van der Waals surface area contributed by atoms with E-state index in [0.717, 1.165) is 13.0 Å². The highest BCUT2D eigenvalue weighted by molar-refractivity contribution is 8.02. The van der Waals surface area contributed by atoms with Crippen molar-refractivity contribution in [2.24, 2.45) is 5.92 Å². The monoisotopic (exact) mass is 181 g/mol. The van der Waals surface area contributed by atoms with Crippen LogP contribution in [0.5, 0.6) is 0 Å². The van der Waals surface area contributed by atoms with E-state index >= 15 is 0 Å². The molecule has 0 aromatic rings. The molecule has 1 unspecified atom stereocenters. The highest BCUT2D eigenvalue weighted by Gasteiger charge is 2.46. The van der Waals surface area contributed by atoms with Crippen LogP contribution in [-0.2, 0) is 4.79 Å². The topological polar surface area (TPSA) is 20.3 Å². The molecule has 0 bridgehead atoms. The number of fused-ring (bicyclic) bond motifs is 1. The van der Waals surface area contributed by atoms with Gasteiger partial charge in [0.2, 0.25) is 5.91 Å². The molecule has 0 aliphatic carbocycles. The Morgan fingerprint density at radius 1 is 1.83 bits per heavy atom. The molecule has 2 aliphatic rings. The van der Waals surface area contributed by atoms with Gasteiger partial charge in [0.1, 0.15) is 0 Å². The SMILES string of the molecule is C=CCC1C(=O)N2CC=CS[C@@H]12. The van der Waals surface area contributed by atoms with Crippen LogP contribution >= 0.6 is 11.8 Å². The molecule has 64 valence electrons. The highest BCUT2D eigenvalue weighted by Crippen LogP contribution is 2.39. The standard InChI is InChI=1S/C9H11NOS/c1-2-4-7-8(11)10-5-3-6-12-9(7)10/h2-3,6-7,9H,1,4-5H2/t7?,9-/m0/s1. The van der Waals surface area contributed by atoms with Crippen molar-refractivity contribution in [3.63, 3.8) is 0 Å². The van der Waals surface area contributed by atoms with Gasteiger partial charge in [-0.3, -0.25) is 4.79 Å². The first-order chi connectivity index (χ1) is 5.84. The zero-order valence-electron chi connectivity index (χ0n) is 6.77. The minimum atomic E-state index is 0.192. The lowest BCUT2D eigenvalue weighted by Crippen LogP contribution is -2.59. The first kappa shape index (κ1) is 7.92. The van der Waals surface area contributed by atoms with E-state index in [1.165, 1.54) is 0 Å². The summed E-state index contributed by atoms with van der Waals surface area (Å²) in [5.74, 6) is 0.481. The first-order valence-corrected chi connectivity index (χ1v) is 5.00. The lowest BCUT2D eigenvalue weighted by Gasteiger charge is -2.47. The van der Waals surface area contributed by atoms with Gasteiger partial charge in [0.25, 0.3) is 0 Å². The fraction of sp³-hybridized carbons (Fsp3) is 0.444. The number of hydrogen-bond donors (Lipinski definition) is 0. The summed E-state index contributed by atoms with van der Waals surface area (Å²) in [5, 5.41) is 2.48. The first-order valence-electron chi connectivity index (χ1n) is 4.06. The molecule has 2 aliphatic heterocycles. The van der Waals surface area contributed by atoms with Gasteiger partial charge in [-0.15, -0.1) is 18.3 Å². The van der Waals surface area contributed by atoms with Crippen LogP contribution in [0.4, 0.5) is 0 Å². The normalized spacial score (nSPS) is 32.7. The Morgan fingerprint density at radius 3 is 3.42 bits per heavy atom. The largest absolute Gasteiger partial charge is 0.325 e. The van der Waals surface area contributed by atoms with Gasteiger partial charge in [0.05, 0.1) is 11.3 Å². The minimum Gasteiger partial charge on any atom is -0.325 e. The van der Waals surface area contributed by atoms with E-state index in [1.807, 2.05) is 17.1 Å². The third kappa shape index (κ3) is 1.00. The predicted octanol–water partition coefficient (Wildman–Crippen LogP) is 1.61. The van der Waals surface area contributed by atoms with E-state index in [4.69, 9.17) is 0 Å². The molecule has 3 heteroatoms.